The molecule has 158 valence electrons. The van der Waals surface area contributed by atoms with E-state index in [9.17, 15) is 14.4 Å². The summed E-state index contributed by atoms with van der Waals surface area (Å²) in [5.41, 5.74) is 1.12. The van der Waals surface area contributed by atoms with E-state index in [-0.39, 0.29) is 17.8 Å². The summed E-state index contributed by atoms with van der Waals surface area (Å²) in [6, 6.07) is 11.6. The van der Waals surface area contributed by atoms with Gasteiger partial charge in [-0.15, -0.1) is 0 Å². The summed E-state index contributed by atoms with van der Waals surface area (Å²) in [4.78, 5) is 44.3. The number of rotatable bonds is 5. The van der Waals surface area contributed by atoms with Gasteiger partial charge in [0.05, 0.1) is 0 Å². The molecule has 0 spiro atoms. The molecule has 3 rings (SSSR count). The number of aromatic nitrogens is 1. The third-order valence-corrected chi connectivity index (χ3v) is 4.72. The maximum absolute atomic E-state index is 12.5. The van der Waals surface area contributed by atoms with Crippen LogP contribution in [-0.2, 0) is 9.59 Å². The lowest BCUT2D eigenvalue weighted by Gasteiger charge is -2.35. The fourth-order valence-corrected chi connectivity index (χ4v) is 3.15. The van der Waals surface area contributed by atoms with Crippen molar-refractivity contribution >= 4 is 35.0 Å². The van der Waals surface area contributed by atoms with Crippen molar-refractivity contribution in [1.29, 1.82) is 0 Å². The standard InChI is InChI=1S/C21H26N6O3/c1-15(20(29)25-18-7-5-6-17(14-18)24-16(2)28)23-21(30)27-12-10-26(11-13-27)19-8-3-4-9-22-19/h3-9,14-15H,10-13H2,1-2H3,(H,23,30)(H,24,28)(H,25,29)/t15-/m1/s1. The molecule has 1 aliphatic heterocycles. The number of hydrogen-bond acceptors (Lipinski definition) is 5. The molecule has 3 N–H and O–H groups in total. The van der Waals surface area contributed by atoms with Crippen molar-refractivity contribution in [2.24, 2.45) is 0 Å². The van der Waals surface area contributed by atoms with Crippen LogP contribution in [0.5, 0.6) is 0 Å². The van der Waals surface area contributed by atoms with E-state index in [2.05, 4.69) is 25.8 Å². The normalized spacial score (nSPS) is 14.6. The van der Waals surface area contributed by atoms with Crippen molar-refractivity contribution in [1.82, 2.24) is 15.2 Å². The third-order valence-electron chi connectivity index (χ3n) is 4.72. The average Bonchev–Trinajstić information content (AvgIpc) is 2.74. The van der Waals surface area contributed by atoms with Gasteiger partial charge < -0.3 is 25.8 Å². The van der Waals surface area contributed by atoms with Crippen LogP contribution in [0.4, 0.5) is 22.0 Å². The van der Waals surface area contributed by atoms with Crippen molar-refractivity contribution < 1.29 is 14.4 Å². The maximum atomic E-state index is 12.5. The maximum Gasteiger partial charge on any atom is 0.318 e. The molecule has 1 saturated heterocycles. The first-order valence-corrected chi connectivity index (χ1v) is 9.82. The number of carbonyl (C=O) groups excluding carboxylic acids is 3. The highest BCUT2D eigenvalue weighted by atomic mass is 16.2. The van der Waals surface area contributed by atoms with Gasteiger partial charge in [0.15, 0.2) is 0 Å². The van der Waals surface area contributed by atoms with Gasteiger partial charge in [-0.05, 0) is 37.3 Å². The van der Waals surface area contributed by atoms with E-state index in [1.807, 2.05) is 18.2 Å². The Morgan fingerprint density at radius 3 is 2.30 bits per heavy atom. The number of carbonyl (C=O) groups is 3. The molecule has 9 heteroatoms. The second-order valence-electron chi connectivity index (χ2n) is 7.08. The Morgan fingerprint density at radius 2 is 1.67 bits per heavy atom. The quantitative estimate of drug-likeness (QED) is 0.698. The van der Waals surface area contributed by atoms with Crippen LogP contribution in [0.25, 0.3) is 0 Å². The summed E-state index contributed by atoms with van der Waals surface area (Å²) in [6.07, 6.45) is 1.75. The topological polar surface area (TPSA) is 107 Å². The molecule has 1 fully saturated rings. The van der Waals surface area contributed by atoms with E-state index in [0.29, 0.717) is 37.6 Å². The molecule has 1 aliphatic rings. The SMILES string of the molecule is CC(=O)Nc1cccc(NC(=O)[C@@H](C)NC(=O)N2CCN(c3ccccn3)CC2)c1. The molecule has 9 nitrogen and oxygen atoms in total. The van der Waals surface area contributed by atoms with Crippen molar-refractivity contribution in [2.45, 2.75) is 19.9 Å². The highest BCUT2D eigenvalue weighted by Gasteiger charge is 2.24. The van der Waals surface area contributed by atoms with E-state index in [1.54, 1.807) is 42.3 Å². The molecular weight excluding hydrogens is 384 g/mol. The fourth-order valence-electron chi connectivity index (χ4n) is 3.15. The summed E-state index contributed by atoms with van der Waals surface area (Å²) < 4.78 is 0. The van der Waals surface area contributed by atoms with Crippen LogP contribution in [0.1, 0.15) is 13.8 Å². The molecule has 0 radical (unpaired) electrons. The molecule has 1 atom stereocenters. The Bertz CT molecular complexity index is 897. The Kier molecular flexibility index (Phi) is 6.84. The first-order chi connectivity index (χ1) is 14.4. The number of pyridine rings is 1. The third kappa shape index (κ3) is 5.69. The average molecular weight is 410 g/mol. The fraction of sp³-hybridized carbons (Fsp3) is 0.333. The summed E-state index contributed by atoms with van der Waals surface area (Å²) in [5.74, 6) is 0.365. The zero-order valence-electron chi connectivity index (χ0n) is 17.1. The summed E-state index contributed by atoms with van der Waals surface area (Å²) in [7, 11) is 0. The number of nitrogens with one attached hydrogen (secondary N) is 3. The van der Waals surface area contributed by atoms with Crippen LogP contribution in [0.15, 0.2) is 48.7 Å². The van der Waals surface area contributed by atoms with Gasteiger partial charge in [0.25, 0.3) is 0 Å². The number of benzene rings is 1. The minimum atomic E-state index is -0.712. The number of nitrogens with zero attached hydrogens (tertiary/aromatic N) is 3. The Morgan fingerprint density at radius 1 is 0.967 bits per heavy atom. The van der Waals surface area contributed by atoms with Gasteiger partial charge in [-0.1, -0.05) is 12.1 Å². The van der Waals surface area contributed by atoms with E-state index >= 15 is 0 Å². The van der Waals surface area contributed by atoms with Gasteiger partial charge in [0.1, 0.15) is 11.9 Å². The van der Waals surface area contributed by atoms with E-state index in [0.717, 1.165) is 5.82 Å². The number of urea groups is 1. The van der Waals surface area contributed by atoms with Crippen molar-refractivity contribution in [2.75, 3.05) is 41.7 Å². The van der Waals surface area contributed by atoms with E-state index in [1.165, 1.54) is 6.92 Å². The highest BCUT2D eigenvalue weighted by Crippen LogP contribution is 2.16. The summed E-state index contributed by atoms with van der Waals surface area (Å²) in [6.45, 7) is 5.51. The number of hydrogen-bond donors (Lipinski definition) is 3. The molecule has 30 heavy (non-hydrogen) atoms. The lowest BCUT2D eigenvalue weighted by molar-refractivity contribution is -0.117. The molecule has 1 aromatic heterocycles. The van der Waals surface area contributed by atoms with Crippen LogP contribution in [0.3, 0.4) is 0 Å². The second kappa shape index (κ2) is 9.73. The van der Waals surface area contributed by atoms with Crippen molar-refractivity contribution in [3.05, 3.63) is 48.7 Å². The zero-order chi connectivity index (χ0) is 21.5. The smallest absolute Gasteiger partial charge is 0.318 e. The first-order valence-electron chi connectivity index (χ1n) is 9.82. The molecular formula is C21H26N6O3. The van der Waals surface area contributed by atoms with Gasteiger partial charge in [-0.3, -0.25) is 9.59 Å². The predicted octanol–water partition coefficient (Wildman–Crippen LogP) is 1.90. The van der Waals surface area contributed by atoms with Crippen LogP contribution in [0, 0.1) is 0 Å². The number of anilines is 3. The van der Waals surface area contributed by atoms with Gasteiger partial charge >= 0.3 is 6.03 Å². The molecule has 2 aromatic rings. The monoisotopic (exact) mass is 410 g/mol. The van der Waals surface area contributed by atoms with Crippen LogP contribution >= 0.6 is 0 Å². The van der Waals surface area contributed by atoms with Gasteiger partial charge in [-0.25, -0.2) is 9.78 Å². The number of amides is 4. The minimum absolute atomic E-state index is 0.192. The Balaban J connectivity index is 1.48. The molecule has 1 aromatic carbocycles. The lowest BCUT2D eigenvalue weighted by Crippen LogP contribution is -2.54. The molecule has 2 heterocycles. The molecule has 0 aliphatic carbocycles. The Hall–Kier alpha value is -3.62. The van der Waals surface area contributed by atoms with Crippen LogP contribution in [-0.4, -0.2) is 60.0 Å². The minimum Gasteiger partial charge on any atom is -0.353 e. The van der Waals surface area contributed by atoms with E-state index in [4.69, 9.17) is 0 Å². The molecule has 0 saturated carbocycles. The van der Waals surface area contributed by atoms with E-state index < -0.39 is 6.04 Å². The lowest BCUT2D eigenvalue weighted by atomic mass is 10.2. The van der Waals surface area contributed by atoms with Gasteiger partial charge in [0.2, 0.25) is 11.8 Å². The number of piperazine rings is 1. The zero-order valence-corrected chi connectivity index (χ0v) is 17.1. The first kappa shape index (κ1) is 21.1. The van der Waals surface area contributed by atoms with Gasteiger partial charge in [0, 0.05) is 50.7 Å². The van der Waals surface area contributed by atoms with Crippen LogP contribution < -0.4 is 20.9 Å². The summed E-state index contributed by atoms with van der Waals surface area (Å²) in [5, 5.41) is 8.16. The molecule has 0 unspecified atom stereocenters. The Labute approximate surface area is 175 Å². The van der Waals surface area contributed by atoms with Crippen molar-refractivity contribution in [3.63, 3.8) is 0 Å². The second-order valence-corrected chi connectivity index (χ2v) is 7.08. The largest absolute Gasteiger partial charge is 0.353 e. The summed E-state index contributed by atoms with van der Waals surface area (Å²) >= 11 is 0. The molecule has 0 bridgehead atoms. The van der Waals surface area contributed by atoms with Crippen molar-refractivity contribution in [3.8, 4) is 0 Å². The molecule has 4 amide bonds. The highest BCUT2D eigenvalue weighted by molar-refractivity contribution is 5.97. The van der Waals surface area contributed by atoms with Gasteiger partial charge in [-0.2, -0.15) is 0 Å². The van der Waals surface area contributed by atoms with Crippen LogP contribution in [0.2, 0.25) is 0 Å². The predicted molar refractivity (Wildman–Crippen MR) is 115 cm³/mol.